The first-order valence-electron chi connectivity index (χ1n) is 25.2. The Kier molecular flexibility index (Phi) is 42.0. The van der Waals surface area contributed by atoms with E-state index in [0.717, 1.165) is 64.5 Å². The zero-order valence-electron chi connectivity index (χ0n) is 39.7. The molecule has 11 heteroatoms. The van der Waals surface area contributed by atoms with Crippen LogP contribution in [-0.2, 0) is 42.9 Å². The lowest BCUT2D eigenvalue weighted by Gasteiger charge is -2.25. The van der Waals surface area contributed by atoms with Crippen LogP contribution >= 0.6 is 0 Å². The maximum Gasteiger partial charge on any atom is 0.308 e. The van der Waals surface area contributed by atoms with Crippen molar-refractivity contribution in [2.45, 2.75) is 233 Å². The lowest BCUT2D eigenvalue weighted by atomic mass is 9.94. The number of aliphatic carboxylic acids is 1. The van der Waals surface area contributed by atoms with Crippen LogP contribution in [0, 0.1) is 17.8 Å². The molecule has 0 aliphatic carbocycles. The predicted molar refractivity (Wildman–Crippen MR) is 245 cm³/mol. The number of carbonyl (C=O) groups is 5. The van der Waals surface area contributed by atoms with Crippen LogP contribution in [0.4, 0.5) is 0 Å². The van der Waals surface area contributed by atoms with Crippen molar-refractivity contribution in [1.29, 1.82) is 0 Å². The number of hydrogen-bond donors (Lipinski definition) is 2. The van der Waals surface area contributed by atoms with Gasteiger partial charge in [0.25, 0.3) is 0 Å². The second-order valence-electron chi connectivity index (χ2n) is 17.4. The molecule has 1 fully saturated rings. The highest BCUT2D eigenvalue weighted by Gasteiger charge is 2.22. The molecular formula is C50H93NO10. The van der Waals surface area contributed by atoms with Crippen LogP contribution in [0.15, 0.2) is 0 Å². The van der Waals surface area contributed by atoms with E-state index in [-0.39, 0.29) is 55.3 Å². The fourth-order valence-corrected chi connectivity index (χ4v) is 7.36. The molecule has 1 aliphatic rings. The molecule has 1 heterocycles. The number of hydrogen-bond acceptors (Lipinski definition) is 10. The minimum absolute atomic E-state index is 0.0116. The molecule has 0 amide bonds. The van der Waals surface area contributed by atoms with E-state index in [1.54, 1.807) is 0 Å². The SMILES string of the molecule is CCCCCCCCC(CCCCCC)C(=O)OCCCCC(=O)O.CCCCCCCCC(CCCCCC)C(=O)OCCCCC(=O)OCCCOC(=O)CC1CNC1. The molecule has 358 valence electrons. The monoisotopic (exact) mass is 868 g/mol. The first-order valence-corrected chi connectivity index (χ1v) is 25.2. The van der Waals surface area contributed by atoms with E-state index in [0.29, 0.717) is 64.1 Å². The summed E-state index contributed by atoms with van der Waals surface area (Å²) in [6, 6.07) is 0. The summed E-state index contributed by atoms with van der Waals surface area (Å²) in [5, 5.41) is 11.7. The van der Waals surface area contributed by atoms with Crippen molar-refractivity contribution in [3.8, 4) is 0 Å². The summed E-state index contributed by atoms with van der Waals surface area (Å²) in [6.07, 6.45) is 31.9. The Morgan fingerprint density at radius 3 is 1.20 bits per heavy atom. The molecule has 0 aromatic carbocycles. The molecule has 0 radical (unpaired) electrons. The normalized spacial score (nSPS) is 13.3. The predicted octanol–water partition coefficient (Wildman–Crippen LogP) is 12.2. The Balaban J connectivity index is 0.00000126. The second kappa shape index (κ2) is 43.9. The van der Waals surface area contributed by atoms with Crippen molar-refractivity contribution in [2.24, 2.45) is 17.8 Å². The lowest BCUT2D eigenvalue weighted by Crippen LogP contribution is -2.43. The van der Waals surface area contributed by atoms with Crippen molar-refractivity contribution in [3.63, 3.8) is 0 Å². The van der Waals surface area contributed by atoms with Crippen LogP contribution < -0.4 is 5.32 Å². The van der Waals surface area contributed by atoms with E-state index in [2.05, 4.69) is 33.0 Å². The zero-order valence-corrected chi connectivity index (χ0v) is 39.7. The van der Waals surface area contributed by atoms with Gasteiger partial charge >= 0.3 is 29.8 Å². The number of ether oxygens (including phenoxy) is 4. The van der Waals surface area contributed by atoms with Crippen molar-refractivity contribution in [2.75, 3.05) is 39.5 Å². The van der Waals surface area contributed by atoms with Crippen LogP contribution in [0.1, 0.15) is 233 Å². The Hall–Kier alpha value is -2.69. The molecule has 61 heavy (non-hydrogen) atoms. The molecule has 2 N–H and O–H groups in total. The summed E-state index contributed by atoms with van der Waals surface area (Å²) in [5.41, 5.74) is 0. The van der Waals surface area contributed by atoms with E-state index < -0.39 is 5.97 Å². The second-order valence-corrected chi connectivity index (χ2v) is 17.4. The van der Waals surface area contributed by atoms with Gasteiger partial charge in [-0.1, -0.05) is 156 Å². The highest BCUT2D eigenvalue weighted by atomic mass is 16.5. The third-order valence-corrected chi connectivity index (χ3v) is 11.5. The average Bonchev–Trinajstić information content (AvgIpc) is 3.22. The number of esters is 4. The fourth-order valence-electron chi connectivity index (χ4n) is 7.36. The molecule has 2 atom stereocenters. The van der Waals surface area contributed by atoms with Crippen molar-refractivity contribution >= 4 is 29.8 Å². The first-order chi connectivity index (χ1) is 29.7. The van der Waals surface area contributed by atoms with Crippen LogP contribution in [-0.4, -0.2) is 74.5 Å². The van der Waals surface area contributed by atoms with Crippen LogP contribution in [0.5, 0.6) is 0 Å². The van der Waals surface area contributed by atoms with Gasteiger partial charge in [0.05, 0.1) is 44.7 Å². The number of carbonyl (C=O) groups excluding carboxylic acids is 4. The van der Waals surface area contributed by atoms with Gasteiger partial charge in [0, 0.05) is 19.3 Å². The molecule has 1 rings (SSSR count). The third kappa shape index (κ3) is 38.7. The van der Waals surface area contributed by atoms with Crippen LogP contribution in [0.25, 0.3) is 0 Å². The summed E-state index contributed by atoms with van der Waals surface area (Å²) in [4.78, 5) is 59.0. The summed E-state index contributed by atoms with van der Waals surface area (Å²) in [6.45, 7) is 11.8. The van der Waals surface area contributed by atoms with Gasteiger partial charge in [0.1, 0.15) is 0 Å². The topological polar surface area (TPSA) is 155 Å². The Labute approximate surface area is 372 Å². The standard InChI is InChI=1S/C29H53NO6.C21H40O4/c1-3-5-7-9-10-12-17-26(16-11-8-6-4-2)29(33)36-19-14-13-18-27(31)34-20-15-21-35-28(32)22-25-23-30-24-25;1-3-5-7-9-10-12-16-19(15-11-8-6-4-2)21(24)25-18-14-13-17-20(22)23/h25-26,30H,3-24H2,1-2H3;19H,3-18H2,1-2H3,(H,22,23). The van der Waals surface area contributed by atoms with Gasteiger partial charge < -0.3 is 29.4 Å². The van der Waals surface area contributed by atoms with E-state index in [9.17, 15) is 24.0 Å². The zero-order chi connectivity index (χ0) is 45.0. The highest BCUT2D eigenvalue weighted by molar-refractivity contribution is 5.73. The maximum absolute atomic E-state index is 12.6. The minimum atomic E-state index is -0.789. The highest BCUT2D eigenvalue weighted by Crippen LogP contribution is 2.22. The summed E-state index contributed by atoms with van der Waals surface area (Å²) < 4.78 is 21.3. The molecule has 0 aromatic heterocycles. The third-order valence-electron chi connectivity index (χ3n) is 11.5. The van der Waals surface area contributed by atoms with E-state index in [1.165, 1.54) is 103 Å². The van der Waals surface area contributed by atoms with E-state index in [1.807, 2.05) is 0 Å². The van der Waals surface area contributed by atoms with Crippen molar-refractivity contribution < 1.29 is 48.0 Å². The van der Waals surface area contributed by atoms with Gasteiger partial charge in [-0.25, -0.2) is 0 Å². The Bertz CT molecular complexity index is 1070. The van der Waals surface area contributed by atoms with E-state index in [4.69, 9.17) is 24.1 Å². The fraction of sp³-hybridized carbons (Fsp3) is 0.900. The molecule has 1 saturated heterocycles. The van der Waals surface area contributed by atoms with Gasteiger partial charge in [-0.05, 0) is 70.4 Å². The molecule has 0 spiro atoms. The Morgan fingerprint density at radius 1 is 0.443 bits per heavy atom. The van der Waals surface area contributed by atoms with Crippen LogP contribution in [0.3, 0.4) is 0 Å². The number of carboxylic acid groups (broad SMARTS) is 1. The molecule has 11 nitrogen and oxygen atoms in total. The first kappa shape index (κ1) is 58.3. The van der Waals surface area contributed by atoms with Crippen LogP contribution in [0.2, 0.25) is 0 Å². The largest absolute Gasteiger partial charge is 0.481 e. The quantitative estimate of drug-likeness (QED) is 0.0342. The van der Waals surface area contributed by atoms with Gasteiger partial charge in [-0.15, -0.1) is 0 Å². The van der Waals surface area contributed by atoms with Gasteiger partial charge in [-0.3, -0.25) is 24.0 Å². The van der Waals surface area contributed by atoms with Crippen molar-refractivity contribution in [3.05, 3.63) is 0 Å². The number of carboxylic acids is 1. The average molecular weight is 868 g/mol. The Morgan fingerprint density at radius 2 is 0.803 bits per heavy atom. The molecule has 0 aromatic rings. The smallest absolute Gasteiger partial charge is 0.308 e. The summed E-state index contributed by atoms with van der Waals surface area (Å²) >= 11 is 0. The molecule has 0 saturated carbocycles. The maximum atomic E-state index is 12.6. The summed E-state index contributed by atoms with van der Waals surface area (Å²) in [5.74, 6) is -0.927. The minimum Gasteiger partial charge on any atom is -0.481 e. The van der Waals surface area contributed by atoms with Gasteiger partial charge in [-0.2, -0.15) is 0 Å². The number of unbranched alkanes of at least 4 members (excludes halogenated alkanes) is 18. The molecular weight excluding hydrogens is 775 g/mol. The van der Waals surface area contributed by atoms with E-state index >= 15 is 0 Å². The molecule has 0 bridgehead atoms. The van der Waals surface area contributed by atoms with Gasteiger partial charge in [0.2, 0.25) is 0 Å². The molecule has 1 aliphatic heterocycles. The molecule has 2 unspecified atom stereocenters. The number of rotatable bonds is 42. The van der Waals surface area contributed by atoms with Gasteiger partial charge in [0.15, 0.2) is 0 Å². The lowest BCUT2D eigenvalue weighted by molar-refractivity contribution is -0.150. The van der Waals surface area contributed by atoms with Crippen molar-refractivity contribution in [1.82, 2.24) is 5.32 Å². The number of nitrogens with one attached hydrogen (secondary N) is 1. The summed E-state index contributed by atoms with van der Waals surface area (Å²) in [7, 11) is 0.